The number of hydrogen-bond acceptors (Lipinski definition) is 6. The standard InChI is InChI=1S/C17H18ClN5O2/c1-10(9-24)20-16-15-11(4-6-23(2)17(15)25)7-14(22-16)21-13-8-12(18)3-5-19-13/h3-8,10,24H,9H2,1-2H3,(H2,19,20,21,22)/t10-/m0/s1/i2D3. The molecule has 3 aromatic rings. The minimum atomic E-state index is -2.62. The predicted octanol–water partition coefficient (Wildman–Crippen LogP) is 2.52. The zero-order valence-corrected chi connectivity index (χ0v) is 14.1. The molecule has 0 saturated carbocycles. The van der Waals surface area contributed by atoms with Gasteiger partial charge in [0.05, 0.1) is 12.0 Å². The normalized spacial score (nSPS) is 14.4. The van der Waals surface area contributed by atoms with E-state index in [9.17, 15) is 9.90 Å². The molecule has 1 atom stereocenters. The van der Waals surface area contributed by atoms with Gasteiger partial charge in [-0.3, -0.25) is 4.79 Å². The first-order chi connectivity index (χ1) is 13.2. The highest BCUT2D eigenvalue weighted by Gasteiger charge is 2.13. The van der Waals surface area contributed by atoms with Gasteiger partial charge in [-0.1, -0.05) is 11.6 Å². The third-order valence-corrected chi connectivity index (χ3v) is 3.76. The van der Waals surface area contributed by atoms with Gasteiger partial charge in [-0.05, 0) is 36.6 Å². The van der Waals surface area contributed by atoms with Crippen LogP contribution in [-0.2, 0) is 6.98 Å². The number of aliphatic hydroxyl groups excluding tert-OH is 1. The highest BCUT2D eigenvalue weighted by atomic mass is 35.5. The Bertz CT molecular complexity index is 1070. The summed E-state index contributed by atoms with van der Waals surface area (Å²) in [6.45, 7) is -1.11. The van der Waals surface area contributed by atoms with Gasteiger partial charge in [-0.15, -0.1) is 0 Å². The van der Waals surface area contributed by atoms with Crippen molar-refractivity contribution < 1.29 is 9.22 Å². The van der Waals surface area contributed by atoms with Gasteiger partial charge in [0.25, 0.3) is 5.56 Å². The summed E-state index contributed by atoms with van der Waals surface area (Å²) in [5.41, 5.74) is -0.704. The zero-order valence-electron chi connectivity index (χ0n) is 16.3. The summed E-state index contributed by atoms with van der Waals surface area (Å²) in [6, 6.07) is 5.97. The maximum atomic E-state index is 12.8. The molecule has 3 aromatic heterocycles. The Hall–Kier alpha value is -2.64. The average molecular weight is 363 g/mol. The molecule has 0 aliphatic carbocycles. The van der Waals surface area contributed by atoms with Gasteiger partial charge in [-0.25, -0.2) is 9.97 Å². The van der Waals surface area contributed by atoms with Gasteiger partial charge in [0, 0.05) is 34.5 Å². The number of aliphatic hydroxyl groups is 1. The molecule has 3 N–H and O–H groups in total. The van der Waals surface area contributed by atoms with Crippen LogP contribution in [0.5, 0.6) is 0 Å². The second kappa shape index (κ2) is 7.08. The largest absolute Gasteiger partial charge is 0.394 e. The van der Waals surface area contributed by atoms with Crippen molar-refractivity contribution in [1.82, 2.24) is 14.5 Å². The lowest BCUT2D eigenvalue weighted by atomic mass is 10.2. The fourth-order valence-electron chi connectivity index (χ4n) is 2.32. The van der Waals surface area contributed by atoms with Gasteiger partial charge in [-0.2, -0.15) is 0 Å². The zero-order chi connectivity index (χ0) is 20.5. The number of pyridine rings is 3. The Morgan fingerprint density at radius 2 is 2.24 bits per heavy atom. The lowest BCUT2D eigenvalue weighted by Gasteiger charge is -2.16. The van der Waals surface area contributed by atoms with Gasteiger partial charge < -0.3 is 20.3 Å². The summed E-state index contributed by atoms with van der Waals surface area (Å²) in [5, 5.41) is 16.4. The van der Waals surface area contributed by atoms with Crippen LogP contribution in [0, 0.1) is 0 Å². The maximum Gasteiger partial charge on any atom is 0.261 e. The molecule has 25 heavy (non-hydrogen) atoms. The van der Waals surface area contributed by atoms with E-state index < -0.39 is 18.6 Å². The van der Waals surface area contributed by atoms with Crippen LogP contribution in [0.4, 0.5) is 17.5 Å². The number of rotatable bonds is 5. The summed E-state index contributed by atoms with van der Waals surface area (Å²) in [4.78, 5) is 21.3. The molecular formula is C17H18ClN5O2. The molecule has 7 nitrogen and oxygen atoms in total. The van der Waals surface area contributed by atoms with Crippen LogP contribution in [0.1, 0.15) is 11.0 Å². The highest BCUT2D eigenvalue weighted by Crippen LogP contribution is 2.25. The first-order valence-corrected chi connectivity index (χ1v) is 7.89. The molecule has 130 valence electrons. The predicted molar refractivity (Wildman–Crippen MR) is 99.7 cm³/mol. The third-order valence-electron chi connectivity index (χ3n) is 3.52. The summed E-state index contributed by atoms with van der Waals surface area (Å²) < 4.78 is 23.3. The molecule has 0 saturated heterocycles. The first-order valence-electron chi connectivity index (χ1n) is 9.02. The SMILES string of the molecule is [2H]C([2H])([2H])n1ccc2cc(Nc3cc(Cl)ccn3)nc(N[C@@H](C)CO)c2c1=O. The number of halogens is 1. The van der Waals surface area contributed by atoms with Gasteiger partial charge >= 0.3 is 0 Å². The van der Waals surface area contributed by atoms with Crippen molar-refractivity contribution in [1.29, 1.82) is 0 Å². The summed E-state index contributed by atoms with van der Waals surface area (Å²) in [5.74, 6) is 0.990. The highest BCUT2D eigenvalue weighted by molar-refractivity contribution is 6.30. The quantitative estimate of drug-likeness (QED) is 0.646. The molecule has 0 bridgehead atoms. The Morgan fingerprint density at radius 1 is 1.40 bits per heavy atom. The van der Waals surface area contributed by atoms with E-state index in [1.54, 1.807) is 25.1 Å². The minimum absolute atomic E-state index is 0.114. The van der Waals surface area contributed by atoms with Crippen LogP contribution in [0.3, 0.4) is 0 Å². The maximum absolute atomic E-state index is 12.8. The Balaban J connectivity index is 2.17. The minimum Gasteiger partial charge on any atom is -0.394 e. The summed E-state index contributed by atoms with van der Waals surface area (Å²) in [6.07, 6.45) is 2.76. The molecule has 0 unspecified atom stereocenters. The van der Waals surface area contributed by atoms with Crippen LogP contribution >= 0.6 is 11.6 Å². The van der Waals surface area contributed by atoms with Gasteiger partial charge in [0.2, 0.25) is 0 Å². The lowest BCUT2D eigenvalue weighted by Crippen LogP contribution is -2.23. The van der Waals surface area contributed by atoms with Crippen LogP contribution < -0.4 is 16.2 Å². The number of aryl methyl sites for hydroxylation is 1. The van der Waals surface area contributed by atoms with Crippen LogP contribution in [0.2, 0.25) is 5.02 Å². The van der Waals surface area contributed by atoms with E-state index in [1.165, 1.54) is 18.5 Å². The molecule has 0 aromatic carbocycles. The average Bonchev–Trinajstić information content (AvgIpc) is 2.60. The van der Waals surface area contributed by atoms with E-state index in [-0.39, 0.29) is 17.8 Å². The summed E-state index contributed by atoms with van der Waals surface area (Å²) >= 11 is 5.97. The lowest BCUT2D eigenvalue weighted by molar-refractivity contribution is 0.281. The number of hydrogen-bond donors (Lipinski definition) is 3. The van der Waals surface area contributed by atoms with Crippen molar-refractivity contribution >= 4 is 39.8 Å². The first kappa shape index (κ1) is 13.6. The number of aromatic nitrogens is 3. The van der Waals surface area contributed by atoms with Crippen LogP contribution in [-0.4, -0.2) is 32.3 Å². The molecule has 0 spiro atoms. The second-order valence-electron chi connectivity index (χ2n) is 5.52. The van der Waals surface area contributed by atoms with Crippen molar-refractivity contribution in [2.24, 2.45) is 6.98 Å². The van der Waals surface area contributed by atoms with E-state index in [0.29, 0.717) is 26.6 Å². The fourth-order valence-corrected chi connectivity index (χ4v) is 2.48. The van der Waals surface area contributed by atoms with E-state index in [4.69, 9.17) is 15.7 Å². The molecule has 0 fully saturated rings. The van der Waals surface area contributed by atoms with E-state index in [1.807, 2.05) is 0 Å². The second-order valence-corrected chi connectivity index (χ2v) is 5.96. The molecule has 3 rings (SSSR count). The van der Waals surface area contributed by atoms with Crippen molar-refractivity contribution in [3.05, 3.63) is 52.0 Å². The molecule has 8 heteroatoms. The smallest absolute Gasteiger partial charge is 0.261 e. The third kappa shape index (κ3) is 3.72. The summed E-state index contributed by atoms with van der Waals surface area (Å²) in [7, 11) is 0. The Morgan fingerprint density at radius 3 is 2.96 bits per heavy atom. The van der Waals surface area contributed by atoms with Crippen LogP contribution in [0.25, 0.3) is 10.8 Å². The number of nitrogens with one attached hydrogen (secondary N) is 2. The molecule has 3 heterocycles. The number of nitrogens with zero attached hydrogens (tertiary/aromatic N) is 3. The van der Waals surface area contributed by atoms with Crippen molar-refractivity contribution in [2.45, 2.75) is 13.0 Å². The Kier molecular flexibility index (Phi) is 3.86. The van der Waals surface area contributed by atoms with E-state index in [0.717, 1.165) is 0 Å². The molecule has 0 aliphatic rings. The van der Waals surface area contributed by atoms with Gasteiger partial charge in [0.1, 0.15) is 17.5 Å². The molecular weight excluding hydrogens is 342 g/mol. The Labute approximate surface area is 153 Å². The fraction of sp³-hybridized carbons (Fsp3) is 0.235. The molecule has 0 radical (unpaired) electrons. The number of anilines is 3. The van der Waals surface area contributed by atoms with Crippen molar-refractivity contribution in [3.8, 4) is 0 Å². The van der Waals surface area contributed by atoms with E-state index >= 15 is 0 Å². The van der Waals surface area contributed by atoms with E-state index in [2.05, 4.69) is 20.6 Å². The topological polar surface area (TPSA) is 92.1 Å². The monoisotopic (exact) mass is 362 g/mol. The van der Waals surface area contributed by atoms with Crippen molar-refractivity contribution in [3.63, 3.8) is 0 Å². The molecule has 0 aliphatic heterocycles. The van der Waals surface area contributed by atoms with Crippen LogP contribution in [0.15, 0.2) is 41.5 Å². The molecule has 0 amide bonds. The number of fused-ring (bicyclic) bond motifs is 1. The van der Waals surface area contributed by atoms with Crippen molar-refractivity contribution in [2.75, 3.05) is 17.2 Å². The van der Waals surface area contributed by atoms with Gasteiger partial charge in [0.15, 0.2) is 0 Å².